The Morgan fingerprint density at radius 3 is 2.33 bits per heavy atom. The molecule has 0 fully saturated rings. The Kier molecular flexibility index (Phi) is 9.14. The second-order valence-corrected chi connectivity index (χ2v) is 6.22. The number of guanidine groups is 1. The Bertz CT molecular complexity index is 816. The fourth-order valence-corrected chi connectivity index (χ4v) is 2.67. The number of alkyl halides is 2. The van der Waals surface area contributed by atoms with Gasteiger partial charge in [0.25, 0.3) is 0 Å². The lowest BCUT2D eigenvalue weighted by Crippen LogP contribution is -2.39. The SMILES string of the molecule is CCNC(=NCc1ccc(OC)cc1OC)NCC(O)c1ccc(OC(F)F)cc1. The third-order valence-corrected chi connectivity index (χ3v) is 4.20. The lowest BCUT2D eigenvalue weighted by molar-refractivity contribution is -0.0498. The molecule has 2 rings (SSSR count). The number of aliphatic hydroxyl groups excluding tert-OH is 1. The average Bonchev–Trinajstić information content (AvgIpc) is 2.75. The molecule has 2 aromatic rings. The number of aliphatic hydroxyl groups is 1. The van der Waals surface area contributed by atoms with Crippen LogP contribution in [0.15, 0.2) is 47.5 Å². The third kappa shape index (κ3) is 7.07. The number of nitrogens with one attached hydrogen (secondary N) is 2. The summed E-state index contributed by atoms with van der Waals surface area (Å²) in [7, 11) is 3.17. The monoisotopic (exact) mass is 423 g/mol. The van der Waals surface area contributed by atoms with E-state index < -0.39 is 12.7 Å². The molecule has 0 aliphatic rings. The molecule has 0 aromatic heterocycles. The maximum Gasteiger partial charge on any atom is 0.387 e. The Balaban J connectivity index is 1.99. The number of hydrogen-bond donors (Lipinski definition) is 3. The highest BCUT2D eigenvalue weighted by Gasteiger charge is 2.11. The van der Waals surface area contributed by atoms with Gasteiger partial charge in [0.1, 0.15) is 17.2 Å². The molecule has 0 spiro atoms. The zero-order valence-corrected chi connectivity index (χ0v) is 17.2. The zero-order valence-electron chi connectivity index (χ0n) is 17.2. The van der Waals surface area contributed by atoms with E-state index in [9.17, 15) is 13.9 Å². The van der Waals surface area contributed by atoms with Gasteiger partial charge in [0.15, 0.2) is 5.96 Å². The van der Waals surface area contributed by atoms with Gasteiger partial charge in [0, 0.05) is 24.7 Å². The molecule has 0 amide bonds. The normalized spacial score (nSPS) is 12.4. The third-order valence-electron chi connectivity index (χ3n) is 4.20. The van der Waals surface area contributed by atoms with E-state index in [4.69, 9.17) is 9.47 Å². The van der Waals surface area contributed by atoms with Gasteiger partial charge in [-0.05, 0) is 36.8 Å². The van der Waals surface area contributed by atoms with Crippen molar-refractivity contribution < 1.29 is 28.1 Å². The summed E-state index contributed by atoms with van der Waals surface area (Å²) in [6.45, 7) is 0.231. The lowest BCUT2D eigenvalue weighted by Gasteiger charge is -2.16. The van der Waals surface area contributed by atoms with Crippen LogP contribution in [0.4, 0.5) is 8.78 Å². The summed E-state index contributed by atoms with van der Waals surface area (Å²) in [5.41, 5.74) is 1.45. The molecule has 0 aliphatic carbocycles. The molecule has 30 heavy (non-hydrogen) atoms. The van der Waals surface area contributed by atoms with Crippen LogP contribution >= 0.6 is 0 Å². The molecule has 0 saturated carbocycles. The molecule has 2 aromatic carbocycles. The molecule has 3 N–H and O–H groups in total. The van der Waals surface area contributed by atoms with E-state index in [1.807, 2.05) is 19.1 Å². The second-order valence-electron chi connectivity index (χ2n) is 6.22. The summed E-state index contributed by atoms with van der Waals surface area (Å²) in [6, 6.07) is 11.4. The van der Waals surface area contributed by atoms with Gasteiger partial charge in [-0.1, -0.05) is 12.1 Å². The summed E-state index contributed by atoms with van der Waals surface area (Å²) in [5.74, 6) is 1.92. The van der Waals surface area contributed by atoms with E-state index in [2.05, 4.69) is 20.4 Å². The van der Waals surface area contributed by atoms with Crippen LogP contribution in [0.1, 0.15) is 24.2 Å². The van der Waals surface area contributed by atoms with Gasteiger partial charge in [0.2, 0.25) is 0 Å². The van der Waals surface area contributed by atoms with Gasteiger partial charge in [-0.25, -0.2) is 4.99 Å². The first kappa shape index (κ1) is 23.2. The van der Waals surface area contributed by atoms with Gasteiger partial charge in [-0.3, -0.25) is 0 Å². The van der Waals surface area contributed by atoms with Crippen molar-refractivity contribution in [2.75, 3.05) is 27.3 Å². The number of halogens is 2. The molecule has 1 atom stereocenters. The van der Waals surface area contributed by atoms with E-state index in [0.717, 1.165) is 5.56 Å². The molecule has 7 nitrogen and oxygen atoms in total. The number of methoxy groups -OCH3 is 2. The molecule has 164 valence electrons. The molecule has 1 unspecified atom stereocenters. The van der Waals surface area contributed by atoms with E-state index in [0.29, 0.717) is 36.1 Å². The van der Waals surface area contributed by atoms with Gasteiger partial charge >= 0.3 is 6.61 Å². The summed E-state index contributed by atoms with van der Waals surface area (Å²) >= 11 is 0. The Hall–Kier alpha value is -3.07. The molecular formula is C21H27F2N3O4. The maximum absolute atomic E-state index is 12.2. The van der Waals surface area contributed by atoms with Crippen LogP contribution < -0.4 is 24.8 Å². The Labute approximate surface area is 174 Å². The number of hydrogen-bond acceptors (Lipinski definition) is 5. The summed E-state index contributed by atoms with van der Waals surface area (Å²) in [5, 5.41) is 16.5. The summed E-state index contributed by atoms with van der Waals surface area (Å²) in [4.78, 5) is 4.52. The largest absolute Gasteiger partial charge is 0.497 e. The van der Waals surface area contributed by atoms with E-state index >= 15 is 0 Å². The Morgan fingerprint density at radius 2 is 1.73 bits per heavy atom. The minimum atomic E-state index is -2.88. The first-order chi connectivity index (χ1) is 14.5. The van der Waals surface area contributed by atoms with Crippen LogP contribution in [0.2, 0.25) is 0 Å². The Morgan fingerprint density at radius 1 is 1.03 bits per heavy atom. The van der Waals surface area contributed by atoms with Crippen molar-refractivity contribution in [3.63, 3.8) is 0 Å². The number of ether oxygens (including phenoxy) is 3. The molecule has 0 heterocycles. The number of aliphatic imine (C=N–C) groups is 1. The molecule has 0 aliphatic heterocycles. The van der Waals surface area contributed by atoms with E-state index in [-0.39, 0.29) is 12.3 Å². The van der Waals surface area contributed by atoms with Crippen LogP contribution in [-0.2, 0) is 6.54 Å². The smallest absolute Gasteiger partial charge is 0.387 e. The van der Waals surface area contributed by atoms with Crippen LogP contribution in [0.3, 0.4) is 0 Å². The summed E-state index contributed by atoms with van der Waals surface area (Å²) < 4.78 is 39.3. The van der Waals surface area contributed by atoms with Crippen molar-refractivity contribution in [1.82, 2.24) is 10.6 Å². The lowest BCUT2D eigenvalue weighted by atomic mass is 10.1. The minimum Gasteiger partial charge on any atom is -0.497 e. The zero-order chi connectivity index (χ0) is 21.9. The van der Waals surface area contributed by atoms with Crippen LogP contribution in [0.25, 0.3) is 0 Å². The van der Waals surface area contributed by atoms with E-state index in [1.54, 1.807) is 20.3 Å². The molecule has 0 bridgehead atoms. The van der Waals surface area contributed by atoms with Gasteiger partial charge < -0.3 is 30.0 Å². The highest BCUT2D eigenvalue weighted by molar-refractivity contribution is 5.79. The first-order valence-electron chi connectivity index (χ1n) is 9.42. The van der Waals surface area contributed by atoms with Crippen molar-refractivity contribution in [3.8, 4) is 17.2 Å². The predicted octanol–water partition coefficient (Wildman–Crippen LogP) is 3.09. The number of nitrogens with zero attached hydrogens (tertiary/aromatic N) is 1. The fraction of sp³-hybridized carbons (Fsp3) is 0.381. The van der Waals surface area contributed by atoms with Gasteiger partial charge in [0.05, 0.1) is 26.9 Å². The molecule has 9 heteroatoms. The van der Waals surface area contributed by atoms with Crippen molar-refractivity contribution in [2.45, 2.75) is 26.2 Å². The van der Waals surface area contributed by atoms with Gasteiger partial charge in [-0.15, -0.1) is 0 Å². The van der Waals surface area contributed by atoms with Crippen LogP contribution in [0, 0.1) is 0 Å². The first-order valence-corrected chi connectivity index (χ1v) is 9.42. The quantitative estimate of drug-likeness (QED) is 0.402. The second kappa shape index (κ2) is 11.8. The predicted molar refractivity (Wildman–Crippen MR) is 110 cm³/mol. The standard InChI is InChI=1S/C21H27F2N3O4/c1-4-24-21(25-12-15-7-10-17(28-2)11-19(15)29-3)26-13-18(27)14-5-8-16(9-6-14)30-20(22)23/h5-11,18,20,27H,4,12-13H2,1-3H3,(H2,24,25,26). The number of benzene rings is 2. The van der Waals surface area contributed by atoms with Crippen LogP contribution in [0.5, 0.6) is 17.2 Å². The van der Waals surface area contributed by atoms with Crippen molar-refractivity contribution in [2.24, 2.45) is 4.99 Å². The topological polar surface area (TPSA) is 84.3 Å². The van der Waals surface area contributed by atoms with Crippen molar-refractivity contribution >= 4 is 5.96 Å². The van der Waals surface area contributed by atoms with Crippen LogP contribution in [-0.4, -0.2) is 45.0 Å². The minimum absolute atomic E-state index is 0.0391. The average molecular weight is 423 g/mol. The molecular weight excluding hydrogens is 396 g/mol. The van der Waals surface area contributed by atoms with Crippen molar-refractivity contribution in [1.29, 1.82) is 0 Å². The highest BCUT2D eigenvalue weighted by Crippen LogP contribution is 2.25. The molecule has 0 saturated heterocycles. The van der Waals surface area contributed by atoms with Gasteiger partial charge in [-0.2, -0.15) is 8.78 Å². The summed E-state index contributed by atoms with van der Waals surface area (Å²) in [6.07, 6.45) is -0.857. The number of rotatable bonds is 10. The van der Waals surface area contributed by atoms with Crippen molar-refractivity contribution in [3.05, 3.63) is 53.6 Å². The molecule has 0 radical (unpaired) electrons. The fourth-order valence-electron chi connectivity index (χ4n) is 2.67. The maximum atomic E-state index is 12.2. The van der Waals surface area contributed by atoms with E-state index in [1.165, 1.54) is 24.3 Å². The highest BCUT2D eigenvalue weighted by atomic mass is 19.3.